The highest BCUT2D eigenvalue weighted by Crippen LogP contribution is 2.26. The van der Waals surface area contributed by atoms with Crippen LogP contribution in [0.4, 0.5) is 11.8 Å². The summed E-state index contributed by atoms with van der Waals surface area (Å²) in [5, 5.41) is 9.36. The van der Waals surface area contributed by atoms with Gasteiger partial charge in [-0.2, -0.15) is 4.98 Å². The summed E-state index contributed by atoms with van der Waals surface area (Å²) >= 11 is 1.61. The lowest BCUT2D eigenvalue weighted by Gasteiger charge is -2.08. The molecule has 0 aliphatic rings. The lowest BCUT2D eigenvalue weighted by molar-refractivity contribution is 0.811. The Morgan fingerprint density at radius 2 is 2.26 bits per heavy atom. The summed E-state index contributed by atoms with van der Waals surface area (Å²) in [7, 11) is 3.79. The van der Waals surface area contributed by atoms with Crippen LogP contribution in [-0.2, 0) is 13.6 Å². The van der Waals surface area contributed by atoms with Crippen LogP contribution in [0.15, 0.2) is 23.8 Å². The maximum absolute atomic E-state index is 4.46. The Balaban J connectivity index is 1.91. The molecule has 0 atom stereocenters. The van der Waals surface area contributed by atoms with Crippen molar-refractivity contribution in [2.75, 3.05) is 17.7 Å². The van der Waals surface area contributed by atoms with E-state index in [0.29, 0.717) is 12.5 Å². The lowest BCUT2D eigenvalue weighted by atomic mass is 10.3. The number of anilines is 2. The first-order valence-electron chi connectivity index (χ1n) is 5.91. The molecule has 0 amide bonds. The number of hydrogen-bond donors (Lipinski definition) is 2. The molecule has 0 spiro atoms. The van der Waals surface area contributed by atoms with Crippen LogP contribution in [0.25, 0.3) is 10.2 Å². The minimum atomic E-state index is 0.622. The second-order valence-corrected chi connectivity index (χ2v) is 4.99. The van der Waals surface area contributed by atoms with Crippen molar-refractivity contribution < 1.29 is 0 Å². The highest BCUT2D eigenvalue weighted by atomic mass is 32.1. The number of aryl methyl sites for hydroxylation is 1. The van der Waals surface area contributed by atoms with Crippen LogP contribution >= 0.6 is 11.3 Å². The van der Waals surface area contributed by atoms with Crippen LogP contribution in [0.3, 0.4) is 0 Å². The first kappa shape index (κ1) is 11.9. The van der Waals surface area contributed by atoms with Crippen molar-refractivity contribution in [1.29, 1.82) is 0 Å². The molecule has 2 N–H and O–H groups in total. The van der Waals surface area contributed by atoms with Gasteiger partial charge in [0.25, 0.3) is 0 Å². The molecule has 0 saturated carbocycles. The molecule has 0 radical (unpaired) electrons. The Morgan fingerprint density at radius 3 is 3.00 bits per heavy atom. The zero-order chi connectivity index (χ0) is 13.2. The van der Waals surface area contributed by atoms with Crippen molar-refractivity contribution in [1.82, 2.24) is 19.5 Å². The van der Waals surface area contributed by atoms with E-state index in [1.807, 2.05) is 36.3 Å². The van der Waals surface area contributed by atoms with Gasteiger partial charge in [-0.25, -0.2) is 9.97 Å². The highest BCUT2D eigenvalue weighted by Gasteiger charge is 2.08. The van der Waals surface area contributed by atoms with Gasteiger partial charge in [0, 0.05) is 26.5 Å². The van der Waals surface area contributed by atoms with Gasteiger partial charge in [0.15, 0.2) is 0 Å². The minimum Gasteiger partial charge on any atom is -0.362 e. The normalized spacial score (nSPS) is 10.8. The number of imidazole rings is 1. The van der Waals surface area contributed by atoms with Crippen molar-refractivity contribution in [2.24, 2.45) is 7.05 Å². The zero-order valence-corrected chi connectivity index (χ0v) is 11.5. The van der Waals surface area contributed by atoms with E-state index in [2.05, 4.69) is 25.6 Å². The predicted molar refractivity (Wildman–Crippen MR) is 77.5 cm³/mol. The van der Waals surface area contributed by atoms with Gasteiger partial charge in [-0.3, -0.25) is 0 Å². The Hall–Kier alpha value is -2.15. The van der Waals surface area contributed by atoms with E-state index in [1.54, 1.807) is 17.5 Å². The van der Waals surface area contributed by atoms with Crippen LogP contribution in [0.2, 0.25) is 0 Å². The Kier molecular flexibility index (Phi) is 3.04. The molecule has 3 aromatic heterocycles. The molecule has 3 heterocycles. The van der Waals surface area contributed by atoms with E-state index in [4.69, 9.17) is 0 Å². The summed E-state index contributed by atoms with van der Waals surface area (Å²) in [6, 6.07) is 2.03. The van der Waals surface area contributed by atoms with Gasteiger partial charge < -0.3 is 15.2 Å². The Labute approximate surface area is 114 Å². The van der Waals surface area contributed by atoms with Gasteiger partial charge in [0.2, 0.25) is 5.95 Å². The number of nitrogens with zero attached hydrogens (tertiary/aromatic N) is 4. The number of rotatable bonds is 4. The highest BCUT2D eigenvalue weighted by molar-refractivity contribution is 7.16. The molecular weight excluding hydrogens is 260 g/mol. The number of aromatic nitrogens is 4. The average molecular weight is 274 g/mol. The molecule has 0 aliphatic carbocycles. The maximum Gasteiger partial charge on any atom is 0.225 e. The molecule has 0 aliphatic heterocycles. The average Bonchev–Trinajstić information content (AvgIpc) is 3.04. The molecule has 3 rings (SSSR count). The summed E-state index contributed by atoms with van der Waals surface area (Å²) in [6.45, 7) is 0.634. The first-order valence-corrected chi connectivity index (χ1v) is 6.79. The fourth-order valence-corrected chi connectivity index (χ4v) is 2.60. The standard InChI is InChI=1S/C12H14N6S/c1-13-12-16-10(8-3-6-19-11(8)17-12)15-7-9-14-4-5-18(9)2/h3-6H,7H2,1-2H3,(H2,13,15,16,17). The fourth-order valence-electron chi connectivity index (χ4n) is 1.83. The van der Waals surface area contributed by atoms with E-state index >= 15 is 0 Å². The predicted octanol–water partition coefficient (Wildman–Crippen LogP) is 2.08. The molecule has 7 heteroatoms. The van der Waals surface area contributed by atoms with Crippen LogP contribution in [0.1, 0.15) is 5.82 Å². The summed E-state index contributed by atoms with van der Waals surface area (Å²) in [5.41, 5.74) is 0. The molecule has 0 bridgehead atoms. The summed E-state index contributed by atoms with van der Waals surface area (Å²) < 4.78 is 1.98. The van der Waals surface area contributed by atoms with Crippen LogP contribution in [0.5, 0.6) is 0 Å². The minimum absolute atomic E-state index is 0.622. The van der Waals surface area contributed by atoms with Gasteiger partial charge in [-0.15, -0.1) is 11.3 Å². The lowest BCUT2D eigenvalue weighted by Crippen LogP contribution is -2.08. The molecule has 6 nitrogen and oxygen atoms in total. The fraction of sp³-hybridized carbons (Fsp3) is 0.250. The van der Waals surface area contributed by atoms with E-state index < -0.39 is 0 Å². The van der Waals surface area contributed by atoms with Crippen molar-refractivity contribution >= 4 is 33.3 Å². The monoisotopic (exact) mass is 274 g/mol. The van der Waals surface area contributed by atoms with E-state index in [1.165, 1.54) is 0 Å². The molecule has 0 fully saturated rings. The van der Waals surface area contributed by atoms with Gasteiger partial charge >= 0.3 is 0 Å². The van der Waals surface area contributed by atoms with Gasteiger partial charge in [-0.05, 0) is 11.4 Å². The third-order valence-electron chi connectivity index (χ3n) is 2.88. The quantitative estimate of drug-likeness (QED) is 0.762. The molecule has 0 unspecified atom stereocenters. The number of nitrogens with one attached hydrogen (secondary N) is 2. The van der Waals surface area contributed by atoms with Gasteiger partial charge in [0.1, 0.15) is 16.5 Å². The van der Waals surface area contributed by atoms with E-state index in [9.17, 15) is 0 Å². The number of thiophene rings is 1. The van der Waals surface area contributed by atoms with Crippen molar-refractivity contribution in [2.45, 2.75) is 6.54 Å². The van der Waals surface area contributed by atoms with Crippen LogP contribution < -0.4 is 10.6 Å². The van der Waals surface area contributed by atoms with Crippen LogP contribution in [-0.4, -0.2) is 26.6 Å². The topological polar surface area (TPSA) is 67.7 Å². The Morgan fingerprint density at radius 1 is 1.37 bits per heavy atom. The third-order valence-corrected chi connectivity index (χ3v) is 3.69. The second kappa shape index (κ2) is 4.85. The smallest absolute Gasteiger partial charge is 0.225 e. The third kappa shape index (κ3) is 2.24. The number of fused-ring (bicyclic) bond motifs is 1. The van der Waals surface area contributed by atoms with Crippen molar-refractivity contribution in [3.63, 3.8) is 0 Å². The summed E-state index contributed by atoms with van der Waals surface area (Å²) in [5.74, 6) is 2.42. The largest absolute Gasteiger partial charge is 0.362 e. The van der Waals surface area contributed by atoms with E-state index in [0.717, 1.165) is 21.9 Å². The van der Waals surface area contributed by atoms with E-state index in [-0.39, 0.29) is 0 Å². The van der Waals surface area contributed by atoms with Crippen LogP contribution in [0, 0.1) is 0 Å². The van der Waals surface area contributed by atoms with Crippen molar-refractivity contribution in [3.8, 4) is 0 Å². The summed E-state index contributed by atoms with van der Waals surface area (Å²) in [6.07, 6.45) is 3.71. The summed E-state index contributed by atoms with van der Waals surface area (Å²) in [4.78, 5) is 14.1. The molecule has 98 valence electrons. The molecule has 19 heavy (non-hydrogen) atoms. The van der Waals surface area contributed by atoms with Gasteiger partial charge in [-0.1, -0.05) is 0 Å². The SMILES string of the molecule is CNc1nc(NCc2nccn2C)c2ccsc2n1. The molecule has 0 aromatic carbocycles. The van der Waals surface area contributed by atoms with Gasteiger partial charge in [0.05, 0.1) is 11.9 Å². The molecule has 0 saturated heterocycles. The number of hydrogen-bond acceptors (Lipinski definition) is 6. The maximum atomic E-state index is 4.46. The first-order chi connectivity index (χ1) is 9.28. The molecular formula is C12H14N6S. The second-order valence-electron chi connectivity index (χ2n) is 4.09. The van der Waals surface area contributed by atoms with Crippen molar-refractivity contribution in [3.05, 3.63) is 29.7 Å². The zero-order valence-electron chi connectivity index (χ0n) is 10.7. The Bertz CT molecular complexity index is 701. The molecule has 3 aromatic rings.